The molecule has 0 saturated heterocycles. The maximum atomic E-state index is 5.77. The third kappa shape index (κ3) is 1.58. The molecule has 0 saturated carbocycles. The Labute approximate surface area is 89.9 Å². The van der Waals surface area contributed by atoms with E-state index in [1.54, 1.807) is 0 Å². The van der Waals surface area contributed by atoms with Crippen molar-refractivity contribution in [3.8, 4) is 0 Å². The summed E-state index contributed by atoms with van der Waals surface area (Å²) in [4.78, 5) is 4.61. The van der Waals surface area contributed by atoms with E-state index < -0.39 is 0 Å². The van der Waals surface area contributed by atoms with Crippen molar-refractivity contribution in [2.45, 2.75) is 33.1 Å². The molecular weight excluding hydrogens is 186 g/mol. The third-order valence-corrected chi connectivity index (χ3v) is 2.52. The molecule has 0 aliphatic rings. The lowest BCUT2D eigenvalue weighted by atomic mass is 9.96. The average molecular weight is 203 g/mol. The van der Waals surface area contributed by atoms with E-state index in [1.165, 1.54) is 0 Å². The van der Waals surface area contributed by atoms with Gasteiger partial charge in [-0.25, -0.2) is 4.98 Å². The molecule has 2 aromatic rings. The first-order valence-electron chi connectivity index (χ1n) is 5.14. The van der Waals surface area contributed by atoms with Gasteiger partial charge in [-0.2, -0.15) is 0 Å². The van der Waals surface area contributed by atoms with Crippen LogP contribution in [-0.4, -0.2) is 9.38 Å². The topological polar surface area (TPSA) is 43.3 Å². The second-order valence-corrected chi connectivity index (χ2v) is 4.99. The summed E-state index contributed by atoms with van der Waals surface area (Å²) in [7, 11) is 0. The number of anilines is 1. The van der Waals surface area contributed by atoms with Crippen molar-refractivity contribution in [2.75, 3.05) is 5.73 Å². The zero-order chi connectivity index (χ0) is 11.2. The summed E-state index contributed by atoms with van der Waals surface area (Å²) in [6.07, 6.45) is 1.99. The van der Waals surface area contributed by atoms with Gasteiger partial charge in [0.25, 0.3) is 0 Å². The maximum absolute atomic E-state index is 5.77. The molecule has 2 rings (SSSR count). The van der Waals surface area contributed by atoms with E-state index in [1.807, 2.05) is 25.3 Å². The van der Waals surface area contributed by atoms with Gasteiger partial charge in [-0.05, 0) is 19.1 Å². The van der Waals surface area contributed by atoms with Crippen molar-refractivity contribution in [3.63, 3.8) is 0 Å². The van der Waals surface area contributed by atoms with Gasteiger partial charge in [0.05, 0.1) is 11.2 Å². The molecule has 0 aliphatic heterocycles. The normalized spacial score (nSPS) is 12.3. The number of pyridine rings is 1. The van der Waals surface area contributed by atoms with Crippen LogP contribution in [0.25, 0.3) is 5.52 Å². The molecule has 0 amide bonds. The minimum Gasteiger partial charge on any atom is -0.399 e. The summed E-state index contributed by atoms with van der Waals surface area (Å²) in [6, 6.07) is 3.88. The van der Waals surface area contributed by atoms with Crippen molar-refractivity contribution in [1.82, 2.24) is 9.38 Å². The summed E-state index contributed by atoms with van der Waals surface area (Å²) in [6.45, 7) is 8.51. The number of nitrogen functional groups attached to an aromatic ring is 1. The van der Waals surface area contributed by atoms with Crippen LogP contribution in [0.1, 0.15) is 32.3 Å². The number of hydrogen-bond donors (Lipinski definition) is 1. The Kier molecular flexibility index (Phi) is 2.00. The van der Waals surface area contributed by atoms with Crippen LogP contribution in [-0.2, 0) is 5.41 Å². The fourth-order valence-electron chi connectivity index (χ4n) is 1.78. The summed E-state index contributed by atoms with van der Waals surface area (Å²) < 4.78 is 2.12. The van der Waals surface area contributed by atoms with Gasteiger partial charge in [0, 0.05) is 17.3 Å². The van der Waals surface area contributed by atoms with Crippen molar-refractivity contribution in [1.29, 1.82) is 0 Å². The lowest BCUT2D eigenvalue weighted by molar-refractivity contribution is 0.542. The number of aromatic nitrogens is 2. The first kappa shape index (κ1) is 10.0. The molecule has 2 heterocycles. The van der Waals surface area contributed by atoms with Gasteiger partial charge in [0.2, 0.25) is 0 Å². The number of fused-ring (bicyclic) bond motifs is 1. The lowest BCUT2D eigenvalue weighted by Crippen LogP contribution is -2.15. The van der Waals surface area contributed by atoms with Gasteiger partial charge in [-0.15, -0.1) is 0 Å². The summed E-state index contributed by atoms with van der Waals surface area (Å²) in [5.74, 6) is 1.08. The van der Waals surface area contributed by atoms with Crippen LogP contribution in [0, 0.1) is 6.92 Å². The molecule has 15 heavy (non-hydrogen) atoms. The highest BCUT2D eigenvalue weighted by Crippen LogP contribution is 2.25. The average Bonchev–Trinajstić information content (AvgIpc) is 2.43. The molecule has 0 bridgehead atoms. The quantitative estimate of drug-likeness (QED) is 0.715. The fourth-order valence-corrected chi connectivity index (χ4v) is 1.78. The monoisotopic (exact) mass is 203 g/mol. The lowest BCUT2D eigenvalue weighted by Gasteiger charge is -2.16. The van der Waals surface area contributed by atoms with E-state index in [-0.39, 0.29) is 5.41 Å². The van der Waals surface area contributed by atoms with E-state index >= 15 is 0 Å². The summed E-state index contributed by atoms with van der Waals surface area (Å²) in [5.41, 5.74) is 8.73. The van der Waals surface area contributed by atoms with E-state index in [9.17, 15) is 0 Å². The molecule has 2 aromatic heterocycles. The Balaban J connectivity index is 2.79. The highest BCUT2D eigenvalue weighted by molar-refractivity contribution is 5.60. The Hall–Kier alpha value is -1.51. The summed E-state index contributed by atoms with van der Waals surface area (Å²) >= 11 is 0. The number of rotatable bonds is 0. The Morgan fingerprint density at radius 1 is 1.33 bits per heavy atom. The molecule has 2 N–H and O–H groups in total. The van der Waals surface area contributed by atoms with Crippen LogP contribution in [0.3, 0.4) is 0 Å². The van der Waals surface area contributed by atoms with Crippen LogP contribution in [0.5, 0.6) is 0 Å². The zero-order valence-corrected chi connectivity index (χ0v) is 9.70. The highest BCUT2D eigenvalue weighted by atomic mass is 15.0. The Morgan fingerprint density at radius 2 is 2.00 bits per heavy atom. The van der Waals surface area contributed by atoms with Gasteiger partial charge in [-0.1, -0.05) is 20.8 Å². The van der Waals surface area contributed by atoms with Crippen molar-refractivity contribution < 1.29 is 0 Å². The van der Waals surface area contributed by atoms with Crippen molar-refractivity contribution in [2.24, 2.45) is 0 Å². The predicted molar refractivity (Wildman–Crippen MR) is 63.0 cm³/mol. The van der Waals surface area contributed by atoms with Crippen LogP contribution in [0.4, 0.5) is 5.69 Å². The minimum absolute atomic E-state index is 0.0489. The molecule has 0 aliphatic carbocycles. The SMILES string of the molecule is Cc1nc(C(C)(C)C)n2ccc(N)cc12. The molecule has 0 atom stereocenters. The molecule has 0 aromatic carbocycles. The van der Waals surface area contributed by atoms with Gasteiger partial charge in [0.15, 0.2) is 0 Å². The number of nitrogens with zero attached hydrogens (tertiary/aromatic N) is 2. The number of hydrogen-bond acceptors (Lipinski definition) is 2. The zero-order valence-electron chi connectivity index (χ0n) is 9.70. The smallest absolute Gasteiger partial charge is 0.118 e. The van der Waals surface area contributed by atoms with Gasteiger partial charge in [0.1, 0.15) is 5.82 Å². The second-order valence-electron chi connectivity index (χ2n) is 4.99. The van der Waals surface area contributed by atoms with E-state index in [0.29, 0.717) is 0 Å². The van der Waals surface area contributed by atoms with Gasteiger partial charge < -0.3 is 10.1 Å². The number of aryl methyl sites for hydroxylation is 1. The van der Waals surface area contributed by atoms with E-state index in [0.717, 1.165) is 22.7 Å². The largest absolute Gasteiger partial charge is 0.399 e. The predicted octanol–water partition coefficient (Wildman–Crippen LogP) is 2.52. The highest BCUT2D eigenvalue weighted by Gasteiger charge is 2.20. The molecular formula is C12H17N3. The minimum atomic E-state index is 0.0489. The maximum Gasteiger partial charge on any atom is 0.118 e. The van der Waals surface area contributed by atoms with Crippen molar-refractivity contribution in [3.05, 3.63) is 29.8 Å². The first-order chi connectivity index (χ1) is 6.89. The van der Waals surface area contributed by atoms with E-state index in [4.69, 9.17) is 5.73 Å². The van der Waals surface area contributed by atoms with Crippen LogP contribution < -0.4 is 5.73 Å². The van der Waals surface area contributed by atoms with Gasteiger partial charge in [-0.3, -0.25) is 0 Å². The molecule has 3 heteroatoms. The van der Waals surface area contributed by atoms with Crippen LogP contribution in [0.15, 0.2) is 18.3 Å². The Bertz CT molecular complexity index is 503. The van der Waals surface area contributed by atoms with Crippen LogP contribution >= 0.6 is 0 Å². The summed E-state index contributed by atoms with van der Waals surface area (Å²) in [5, 5.41) is 0. The third-order valence-electron chi connectivity index (χ3n) is 2.52. The van der Waals surface area contributed by atoms with Crippen molar-refractivity contribution >= 4 is 11.2 Å². The van der Waals surface area contributed by atoms with E-state index in [2.05, 4.69) is 30.2 Å². The standard InChI is InChI=1S/C12H17N3/c1-8-10-7-9(13)5-6-15(10)11(14-8)12(2,3)4/h5-7H,13H2,1-4H3. The molecule has 0 unspecified atom stereocenters. The molecule has 3 nitrogen and oxygen atoms in total. The molecule has 0 radical (unpaired) electrons. The molecule has 0 fully saturated rings. The molecule has 0 spiro atoms. The van der Waals surface area contributed by atoms with Gasteiger partial charge >= 0.3 is 0 Å². The Morgan fingerprint density at radius 3 is 2.60 bits per heavy atom. The first-order valence-corrected chi connectivity index (χ1v) is 5.14. The number of nitrogens with two attached hydrogens (primary N) is 1. The fraction of sp³-hybridized carbons (Fsp3) is 0.417. The van der Waals surface area contributed by atoms with Crippen LogP contribution in [0.2, 0.25) is 0 Å². The number of imidazole rings is 1. The molecule has 80 valence electrons. The second kappa shape index (κ2) is 2.99.